The third-order valence-corrected chi connectivity index (χ3v) is 2.63. The highest BCUT2D eigenvalue weighted by Crippen LogP contribution is 2.02. The van der Waals surface area contributed by atoms with Crippen molar-refractivity contribution in [1.82, 2.24) is 5.32 Å². The molecule has 0 radical (unpaired) electrons. The first-order valence-electron chi connectivity index (χ1n) is 6.69. The average molecular weight is 254 g/mol. The first kappa shape index (κ1) is 16.7. The van der Waals surface area contributed by atoms with E-state index >= 15 is 0 Å². The van der Waals surface area contributed by atoms with E-state index in [0.29, 0.717) is 12.8 Å². The van der Waals surface area contributed by atoms with Gasteiger partial charge in [0.2, 0.25) is 0 Å². The van der Waals surface area contributed by atoms with Crippen molar-refractivity contribution in [3.63, 3.8) is 0 Å². The Balaban J connectivity index is 3.39. The summed E-state index contributed by atoms with van der Waals surface area (Å²) in [5.74, 6) is 0.471. The van der Waals surface area contributed by atoms with Crippen molar-refractivity contribution in [2.24, 2.45) is 5.73 Å². The maximum atomic E-state index is 10.7. The van der Waals surface area contributed by atoms with E-state index < -0.39 is 0 Å². The van der Waals surface area contributed by atoms with Gasteiger partial charge in [0.25, 0.3) is 0 Å². The predicted octanol–water partition coefficient (Wildman–Crippen LogP) is 2.28. The summed E-state index contributed by atoms with van der Waals surface area (Å²) in [5.41, 5.74) is 6.57. The van der Waals surface area contributed by atoms with Crippen molar-refractivity contribution in [2.45, 2.75) is 58.8 Å². The molecule has 0 bridgehead atoms. The minimum atomic E-state index is 0.209. The maximum absolute atomic E-state index is 10.7. The van der Waals surface area contributed by atoms with E-state index in [1.165, 1.54) is 0 Å². The van der Waals surface area contributed by atoms with E-state index in [4.69, 9.17) is 5.73 Å². The summed E-state index contributed by atoms with van der Waals surface area (Å²) in [5, 5.41) is 3.15. The molecule has 0 aromatic carbocycles. The first-order chi connectivity index (χ1) is 8.52. The van der Waals surface area contributed by atoms with Gasteiger partial charge in [-0.15, -0.1) is 0 Å². The Morgan fingerprint density at radius 2 is 1.56 bits per heavy atom. The molecule has 0 aromatic rings. The lowest BCUT2D eigenvalue weighted by Gasteiger charge is -2.03. The standard InChI is InChI=1S/C14H26N2O2/c1-12(17)7-4-3-5-10-16-11-14(15)9-6-8-13(2)18/h11,16H,3-10,15H2,1-2H3/b14-11-. The molecule has 0 amide bonds. The van der Waals surface area contributed by atoms with Gasteiger partial charge in [0, 0.05) is 31.3 Å². The molecule has 0 heterocycles. The molecule has 0 saturated carbocycles. The van der Waals surface area contributed by atoms with Crippen LogP contribution in [0.25, 0.3) is 0 Å². The van der Waals surface area contributed by atoms with E-state index in [1.807, 2.05) is 6.20 Å². The van der Waals surface area contributed by atoms with Gasteiger partial charge in [0.15, 0.2) is 0 Å². The van der Waals surface area contributed by atoms with Crippen LogP contribution in [0.4, 0.5) is 0 Å². The van der Waals surface area contributed by atoms with Crippen molar-refractivity contribution in [1.29, 1.82) is 0 Å². The van der Waals surface area contributed by atoms with Crippen LogP contribution in [-0.2, 0) is 9.59 Å². The Morgan fingerprint density at radius 3 is 2.17 bits per heavy atom. The Hall–Kier alpha value is -1.32. The molecule has 0 unspecified atom stereocenters. The number of rotatable bonds is 11. The lowest BCUT2D eigenvalue weighted by atomic mass is 10.1. The number of carbonyl (C=O) groups excluding carboxylic acids is 2. The molecular weight excluding hydrogens is 228 g/mol. The number of nitrogens with one attached hydrogen (secondary N) is 1. The molecule has 0 saturated heterocycles. The molecule has 4 nitrogen and oxygen atoms in total. The van der Waals surface area contributed by atoms with Crippen LogP contribution in [-0.4, -0.2) is 18.1 Å². The minimum Gasteiger partial charge on any atom is -0.401 e. The monoisotopic (exact) mass is 254 g/mol. The van der Waals surface area contributed by atoms with E-state index in [-0.39, 0.29) is 11.6 Å². The number of Topliss-reactive ketones (excluding diaryl/α,β-unsaturated/α-hetero) is 2. The Labute approximate surface area is 110 Å². The summed E-state index contributed by atoms with van der Waals surface area (Å²) >= 11 is 0. The largest absolute Gasteiger partial charge is 0.401 e. The molecule has 0 aliphatic heterocycles. The van der Waals surface area contributed by atoms with E-state index in [9.17, 15) is 9.59 Å². The third-order valence-electron chi connectivity index (χ3n) is 2.63. The molecule has 0 rings (SSSR count). The van der Waals surface area contributed by atoms with Gasteiger partial charge in [0.1, 0.15) is 11.6 Å². The normalized spacial score (nSPS) is 11.3. The summed E-state index contributed by atoms with van der Waals surface area (Å²) < 4.78 is 0. The quantitative estimate of drug-likeness (QED) is 0.555. The summed E-state index contributed by atoms with van der Waals surface area (Å²) in [4.78, 5) is 21.4. The van der Waals surface area contributed by atoms with Gasteiger partial charge in [-0.1, -0.05) is 6.42 Å². The first-order valence-corrected chi connectivity index (χ1v) is 6.69. The fourth-order valence-corrected chi connectivity index (χ4v) is 1.59. The van der Waals surface area contributed by atoms with E-state index in [0.717, 1.165) is 44.3 Å². The summed E-state index contributed by atoms with van der Waals surface area (Å²) in [6, 6.07) is 0. The molecule has 0 aliphatic rings. The molecule has 0 spiro atoms. The highest BCUT2D eigenvalue weighted by atomic mass is 16.1. The molecule has 3 N–H and O–H groups in total. The van der Waals surface area contributed by atoms with Gasteiger partial charge in [-0.25, -0.2) is 0 Å². The fourth-order valence-electron chi connectivity index (χ4n) is 1.59. The number of carbonyl (C=O) groups is 2. The molecule has 0 aliphatic carbocycles. The van der Waals surface area contributed by atoms with Gasteiger partial charge in [-0.2, -0.15) is 0 Å². The van der Waals surface area contributed by atoms with Gasteiger partial charge in [-0.3, -0.25) is 0 Å². The average Bonchev–Trinajstić information content (AvgIpc) is 2.26. The zero-order valence-corrected chi connectivity index (χ0v) is 11.6. The van der Waals surface area contributed by atoms with Gasteiger partial charge in [0.05, 0.1) is 0 Å². The van der Waals surface area contributed by atoms with Crippen molar-refractivity contribution >= 4 is 11.6 Å². The number of allylic oxidation sites excluding steroid dienone is 1. The smallest absolute Gasteiger partial charge is 0.129 e. The molecule has 18 heavy (non-hydrogen) atoms. The zero-order valence-electron chi connectivity index (χ0n) is 11.6. The third kappa shape index (κ3) is 12.7. The van der Waals surface area contributed by atoms with Crippen LogP contribution in [0.5, 0.6) is 0 Å². The second kappa shape index (κ2) is 10.8. The maximum Gasteiger partial charge on any atom is 0.129 e. The summed E-state index contributed by atoms with van der Waals surface area (Å²) in [6.45, 7) is 4.10. The number of hydrogen-bond donors (Lipinski definition) is 2. The van der Waals surface area contributed by atoms with Crippen molar-refractivity contribution in [3.05, 3.63) is 11.9 Å². The van der Waals surface area contributed by atoms with Gasteiger partial charge < -0.3 is 20.6 Å². The Kier molecular flexibility index (Phi) is 10.0. The van der Waals surface area contributed by atoms with Crippen LogP contribution in [0.2, 0.25) is 0 Å². The number of nitrogens with two attached hydrogens (primary N) is 1. The molecule has 4 heteroatoms. The number of hydrogen-bond acceptors (Lipinski definition) is 4. The fraction of sp³-hybridized carbons (Fsp3) is 0.714. The Morgan fingerprint density at radius 1 is 0.944 bits per heavy atom. The Bertz CT molecular complexity index is 286. The van der Waals surface area contributed by atoms with Gasteiger partial charge >= 0.3 is 0 Å². The highest BCUT2D eigenvalue weighted by molar-refractivity contribution is 5.75. The molecule has 0 fully saturated rings. The van der Waals surface area contributed by atoms with Crippen LogP contribution in [0.3, 0.4) is 0 Å². The minimum absolute atomic E-state index is 0.209. The lowest BCUT2D eigenvalue weighted by Crippen LogP contribution is -2.11. The second-order valence-corrected chi connectivity index (χ2v) is 4.74. The molecular formula is C14H26N2O2. The van der Waals surface area contributed by atoms with Crippen LogP contribution in [0.1, 0.15) is 58.8 Å². The molecule has 0 aromatic heterocycles. The number of unbranched alkanes of at least 4 members (excludes halogenated alkanes) is 2. The van der Waals surface area contributed by atoms with Crippen LogP contribution < -0.4 is 11.1 Å². The van der Waals surface area contributed by atoms with Gasteiger partial charge in [-0.05, 0) is 39.5 Å². The molecule has 104 valence electrons. The van der Waals surface area contributed by atoms with Crippen LogP contribution in [0, 0.1) is 0 Å². The zero-order chi connectivity index (χ0) is 13.8. The second-order valence-electron chi connectivity index (χ2n) is 4.74. The topological polar surface area (TPSA) is 72.2 Å². The summed E-state index contributed by atoms with van der Waals surface area (Å²) in [6.07, 6.45) is 7.76. The van der Waals surface area contributed by atoms with Crippen molar-refractivity contribution < 1.29 is 9.59 Å². The summed E-state index contributed by atoms with van der Waals surface area (Å²) in [7, 11) is 0. The van der Waals surface area contributed by atoms with E-state index in [2.05, 4.69) is 5.32 Å². The van der Waals surface area contributed by atoms with Crippen molar-refractivity contribution in [2.75, 3.05) is 6.54 Å². The lowest BCUT2D eigenvalue weighted by molar-refractivity contribution is -0.117. The van der Waals surface area contributed by atoms with Crippen LogP contribution >= 0.6 is 0 Å². The number of ketones is 2. The SMILES string of the molecule is CC(=O)CCCCCN/C=C(\N)CCCC(C)=O. The van der Waals surface area contributed by atoms with Crippen LogP contribution in [0.15, 0.2) is 11.9 Å². The van der Waals surface area contributed by atoms with Crippen molar-refractivity contribution in [3.8, 4) is 0 Å². The highest BCUT2D eigenvalue weighted by Gasteiger charge is 1.96. The predicted molar refractivity (Wildman–Crippen MR) is 74.0 cm³/mol. The molecule has 0 atom stereocenters. The van der Waals surface area contributed by atoms with E-state index in [1.54, 1.807) is 13.8 Å².